The van der Waals surface area contributed by atoms with Crippen LogP contribution in [0.1, 0.15) is 28.8 Å². The maximum Gasteiger partial charge on any atom is 0.255 e. The lowest BCUT2D eigenvalue weighted by Gasteiger charge is -2.30. The van der Waals surface area contributed by atoms with Crippen LogP contribution in [-0.4, -0.2) is 40.4 Å². The van der Waals surface area contributed by atoms with Crippen LogP contribution in [0.5, 0.6) is 5.75 Å². The molecule has 3 rings (SSSR count). The van der Waals surface area contributed by atoms with Crippen molar-refractivity contribution in [2.24, 2.45) is 22.2 Å². The average Bonchev–Trinajstić information content (AvgIpc) is 2.78. The molecule has 3 aromatic rings. The molecule has 32 heavy (non-hydrogen) atoms. The van der Waals surface area contributed by atoms with Crippen molar-refractivity contribution in [3.63, 3.8) is 0 Å². The van der Waals surface area contributed by atoms with Gasteiger partial charge in [-0.1, -0.05) is 48.5 Å². The highest BCUT2D eigenvalue weighted by atomic mass is 16.3. The molecule has 1 atom stereocenters. The number of aromatic hydroxyl groups is 1. The second kappa shape index (κ2) is 10.3. The molecule has 2 amide bonds. The third-order valence-electron chi connectivity index (χ3n) is 5.20. The van der Waals surface area contributed by atoms with Crippen molar-refractivity contribution in [3.05, 3.63) is 77.9 Å². The molecule has 0 unspecified atom stereocenters. The van der Waals surface area contributed by atoms with Gasteiger partial charge < -0.3 is 27.2 Å². The number of phenolic OH excluding ortho intramolecular Hbond substituents is 1. The Labute approximate surface area is 186 Å². The number of nitrogens with two attached hydrogens (primary N) is 3. The summed E-state index contributed by atoms with van der Waals surface area (Å²) < 4.78 is 0. The lowest BCUT2D eigenvalue weighted by molar-refractivity contribution is -0.122. The van der Waals surface area contributed by atoms with Crippen LogP contribution in [0.25, 0.3) is 10.8 Å². The molecule has 0 saturated carbocycles. The van der Waals surface area contributed by atoms with E-state index in [9.17, 15) is 14.7 Å². The third-order valence-corrected chi connectivity index (χ3v) is 5.20. The number of amides is 2. The molecule has 3 aromatic carbocycles. The maximum atomic E-state index is 13.7. The molecule has 0 heterocycles. The molecule has 8 heteroatoms. The van der Waals surface area contributed by atoms with E-state index < -0.39 is 11.9 Å². The number of carbonyl (C=O) groups excluding carboxylic acids is 2. The SMILES string of the molecule is NC(=O)[C@@H](CCCN=C(N)N)N(Cc1ccc(O)cc1)C(=O)c1cccc2ccccc12. The first-order chi connectivity index (χ1) is 15.4. The number of hydrogen-bond donors (Lipinski definition) is 4. The number of primary amides is 1. The molecule has 0 aromatic heterocycles. The van der Waals surface area contributed by atoms with Gasteiger partial charge in [-0.2, -0.15) is 0 Å². The van der Waals surface area contributed by atoms with Gasteiger partial charge in [0.1, 0.15) is 11.8 Å². The van der Waals surface area contributed by atoms with Gasteiger partial charge in [-0.3, -0.25) is 14.6 Å². The monoisotopic (exact) mass is 433 g/mol. The van der Waals surface area contributed by atoms with E-state index in [4.69, 9.17) is 17.2 Å². The van der Waals surface area contributed by atoms with Gasteiger partial charge in [0.05, 0.1) is 0 Å². The van der Waals surface area contributed by atoms with Gasteiger partial charge in [-0.25, -0.2) is 0 Å². The van der Waals surface area contributed by atoms with Crippen molar-refractivity contribution in [1.29, 1.82) is 0 Å². The zero-order valence-corrected chi connectivity index (χ0v) is 17.6. The fraction of sp³-hybridized carbons (Fsp3) is 0.208. The number of fused-ring (bicyclic) bond motifs is 1. The number of aliphatic imine (C=N–C) groups is 1. The van der Waals surface area contributed by atoms with E-state index in [0.29, 0.717) is 24.9 Å². The lowest BCUT2D eigenvalue weighted by Crippen LogP contribution is -2.47. The molecule has 0 bridgehead atoms. The van der Waals surface area contributed by atoms with Gasteiger partial charge in [0.2, 0.25) is 5.91 Å². The van der Waals surface area contributed by atoms with Crippen LogP contribution in [0.15, 0.2) is 71.7 Å². The Balaban J connectivity index is 1.97. The van der Waals surface area contributed by atoms with Gasteiger partial charge in [0, 0.05) is 18.7 Å². The molecule has 0 spiro atoms. The Bertz CT molecular complexity index is 1120. The number of phenols is 1. The molecule has 0 radical (unpaired) electrons. The van der Waals surface area contributed by atoms with Crippen LogP contribution >= 0.6 is 0 Å². The highest BCUT2D eigenvalue weighted by Crippen LogP contribution is 2.24. The Kier molecular flexibility index (Phi) is 7.28. The van der Waals surface area contributed by atoms with E-state index >= 15 is 0 Å². The quantitative estimate of drug-likeness (QED) is 0.232. The van der Waals surface area contributed by atoms with Gasteiger partial charge in [0.15, 0.2) is 5.96 Å². The molecule has 166 valence electrons. The number of nitrogens with zero attached hydrogens (tertiary/aromatic N) is 2. The summed E-state index contributed by atoms with van der Waals surface area (Å²) in [5, 5.41) is 11.3. The fourth-order valence-electron chi connectivity index (χ4n) is 3.63. The van der Waals surface area contributed by atoms with Gasteiger partial charge in [-0.05, 0) is 47.4 Å². The average molecular weight is 434 g/mol. The summed E-state index contributed by atoms with van der Waals surface area (Å²) in [7, 11) is 0. The summed E-state index contributed by atoms with van der Waals surface area (Å²) >= 11 is 0. The van der Waals surface area contributed by atoms with Crippen LogP contribution < -0.4 is 17.2 Å². The van der Waals surface area contributed by atoms with Crippen molar-refractivity contribution in [3.8, 4) is 5.75 Å². The molecule has 7 N–H and O–H groups in total. The molecule has 0 aliphatic carbocycles. The minimum absolute atomic E-state index is 0.0339. The van der Waals surface area contributed by atoms with Crippen LogP contribution in [-0.2, 0) is 11.3 Å². The van der Waals surface area contributed by atoms with E-state index in [0.717, 1.165) is 16.3 Å². The minimum atomic E-state index is -0.857. The van der Waals surface area contributed by atoms with E-state index in [1.807, 2.05) is 36.4 Å². The molecular formula is C24H27N5O3. The first-order valence-electron chi connectivity index (χ1n) is 10.3. The zero-order chi connectivity index (χ0) is 23.1. The van der Waals surface area contributed by atoms with Gasteiger partial charge in [0.25, 0.3) is 5.91 Å². The summed E-state index contributed by atoms with van der Waals surface area (Å²) in [6.07, 6.45) is 0.779. The summed E-state index contributed by atoms with van der Waals surface area (Å²) in [6, 6.07) is 18.7. The Morgan fingerprint density at radius 3 is 2.31 bits per heavy atom. The Hall–Kier alpha value is -4.07. The van der Waals surface area contributed by atoms with E-state index in [-0.39, 0.29) is 24.2 Å². The Morgan fingerprint density at radius 2 is 1.62 bits per heavy atom. The number of hydrogen-bond acceptors (Lipinski definition) is 4. The van der Waals surface area contributed by atoms with Crippen molar-refractivity contribution < 1.29 is 14.7 Å². The molecule has 0 saturated heterocycles. The number of benzene rings is 3. The number of rotatable bonds is 9. The lowest BCUT2D eigenvalue weighted by atomic mass is 10.0. The summed E-state index contributed by atoms with van der Waals surface area (Å²) in [5.74, 6) is -0.833. The summed E-state index contributed by atoms with van der Waals surface area (Å²) in [4.78, 5) is 31.6. The highest BCUT2D eigenvalue weighted by Gasteiger charge is 2.29. The second-order valence-electron chi connectivity index (χ2n) is 7.49. The zero-order valence-electron chi connectivity index (χ0n) is 17.6. The summed E-state index contributed by atoms with van der Waals surface area (Å²) in [6.45, 7) is 0.472. The maximum absolute atomic E-state index is 13.7. The highest BCUT2D eigenvalue weighted by molar-refractivity contribution is 6.08. The van der Waals surface area contributed by atoms with Crippen LogP contribution in [0, 0.1) is 0 Å². The van der Waals surface area contributed by atoms with E-state index in [2.05, 4.69) is 4.99 Å². The molecule has 0 aliphatic heterocycles. The van der Waals surface area contributed by atoms with Crippen molar-refractivity contribution in [2.75, 3.05) is 6.54 Å². The van der Waals surface area contributed by atoms with Crippen molar-refractivity contribution in [2.45, 2.75) is 25.4 Å². The molecule has 0 fully saturated rings. The molecule has 0 aliphatic rings. The van der Waals surface area contributed by atoms with Crippen LogP contribution in [0.4, 0.5) is 0 Å². The van der Waals surface area contributed by atoms with Gasteiger partial charge >= 0.3 is 0 Å². The number of carbonyl (C=O) groups is 2. The third kappa shape index (κ3) is 5.54. The standard InChI is InChI=1S/C24H27N5O3/c25-22(31)21(9-4-14-28-24(26)27)29(15-16-10-12-18(30)13-11-16)23(32)20-8-3-6-17-5-1-2-7-19(17)20/h1-3,5-8,10-13,21,30H,4,9,14-15H2,(H2,25,31)(H4,26,27,28)/t21-/m1/s1. The van der Waals surface area contributed by atoms with E-state index in [1.54, 1.807) is 18.2 Å². The number of guanidine groups is 1. The largest absolute Gasteiger partial charge is 0.508 e. The van der Waals surface area contributed by atoms with Crippen LogP contribution in [0.2, 0.25) is 0 Å². The predicted octanol–water partition coefficient (Wildman–Crippen LogP) is 2.10. The topological polar surface area (TPSA) is 148 Å². The van der Waals surface area contributed by atoms with Gasteiger partial charge in [-0.15, -0.1) is 0 Å². The fourth-order valence-corrected chi connectivity index (χ4v) is 3.63. The van der Waals surface area contributed by atoms with Crippen molar-refractivity contribution in [1.82, 2.24) is 4.90 Å². The normalized spacial score (nSPS) is 11.6. The predicted molar refractivity (Wildman–Crippen MR) is 125 cm³/mol. The Morgan fingerprint density at radius 1 is 0.938 bits per heavy atom. The minimum Gasteiger partial charge on any atom is -0.508 e. The molecular weight excluding hydrogens is 406 g/mol. The second-order valence-corrected chi connectivity index (χ2v) is 7.49. The van der Waals surface area contributed by atoms with E-state index in [1.165, 1.54) is 17.0 Å². The first-order valence-corrected chi connectivity index (χ1v) is 10.3. The van der Waals surface area contributed by atoms with Crippen molar-refractivity contribution >= 4 is 28.5 Å². The molecule has 8 nitrogen and oxygen atoms in total. The first kappa shape index (κ1) is 22.6. The smallest absolute Gasteiger partial charge is 0.255 e. The summed E-state index contributed by atoms with van der Waals surface area (Å²) in [5.41, 5.74) is 17.7. The van der Waals surface area contributed by atoms with Crippen LogP contribution in [0.3, 0.4) is 0 Å².